The van der Waals surface area contributed by atoms with Gasteiger partial charge in [0.1, 0.15) is 18.1 Å². The first-order valence-corrected chi connectivity index (χ1v) is 13.6. The third kappa shape index (κ3) is 8.80. The van der Waals surface area contributed by atoms with E-state index in [1.807, 2.05) is 38.1 Å². The lowest BCUT2D eigenvalue weighted by molar-refractivity contribution is -0.142. The topological polar surface area (TPSA) is 209 Å². The van der Waals surface area contributed by atoms with E-state index in [1.165, 1.54) is 0 Å². The Morgan fingerprint density at radius 3 is 2.00 bits per heavy atom. The van der Waals surface area contributed by atoms with E-state index in [-0.39, 0.29) is 31.1 Å². The Morgan fingerprint density at radius 1 is 0.900 bits per heavy atom. The van der Waals surface area contributed by atoms with Gasteiger partial charge in [-0.1, -0.05) is 58.7 Å². The molecule has 6 unspecified atom stereocenters. The predicted octanol–water partition coefficient (Wildman–Crippen LogP) is 0.934. The molecule has 40 heavy (non-hydrogen) atoms. The van der Waals surface area contributed by atoms with Crippen LogP contribution in [0.5, 0.6) is 0 Å². The summed E-state index contributed by atoms with van der Waals surface area (Å²) in [5.74, 6) is -4.28. The van der Waals surface area contributed by atoms with Gasteiger partial charge in [-0.2, -0.15) is 0 Å². The highest BCUT2D eigenvalue weighted by molar-refractivity contribution is 5.94. The molecule has 0 radical (unpaired) electrons. The largest absolute Gasteiger partial charge is 0.480 e. The molecule has 1 aromatic heterocycles. The fourth-order valence-corrected chi connectivity index (χ4v) is 4.32. The van der Waals surface area contributed by atoms with Crippen LogP contribution >= 0.6 is 0 Å². The summed E-state index contributed by atoms with van der Waals surface area (Å²) in [5.41, 5.74) is 12.6. The van der Waals surface area contributed by atoms with Crippen molar-refractivity contribution in [3.63, 3.8) is 0 Å². The fraction of sp³-hybridized carbons (Fsp3) is 0.536. The van der Waals surface area contributed by atoms with Gasteiger partial charge in [-0.05, 0) is 29.9 Å². The number of fused-ring (bicyclic) bond motifs is 1. The van der Waals surface area contributed by atoms with Gasteiger partial charge in [0.05, 0.1) is 6.04 Å². The molecule has 0 aliphatic heterocycles. The lowest BCUT2D eigenvalue weighted by Crippen LogP contribution is -2.60. The van der Waals surface area contributed by atoms with Crippen LogP contribution in [0.4, 0.5) is 0 Å². The van der Waals surface area contributed by atoms with Gasteiger partial charge >= 0.3 is 5.97 Å². The molecule has 4 amide bonds. The van der Waals surface area contributed by atoms with Crippen molar-refractivity contribution in [1.29, 1.82) is 0 Å². The first kappa shape index (κ1) is 32.3. The van der Waals surface area contributed by atoms with Crippen LogP contribution in [0.2, 0.25) is 0 Å². The van der Waals surface area contributed by atoms with Gasteiger partial charge in [-0.15, -0.1) is 0 Å². The smallest absolute Gasteiger partial charge is 0.326 e. The van der Waals surface area contributed by atoms with Crippen LogP contribution in [0.1, 0.15) is 58.9 Å². The van der Waals surface area contributed by atoms with E-state index >= 15 is 0 Å². The number of carboxylic acid groups (broad SMARTS) is 1. The summed E-state index contributed by atoms with van der Waals surface area (Å²) in [6.45, 7) is 7.25. The molecule has 0 saturated carbocycles. The summed E-state index contributed by atoms with van der Waals surface area (Å²) in [6.07, 6.45) is 2.78. The number of aromatic nitrogens is 1. The first-order chi connectivity index (χ1) is 18.9. The van der Waals surface area contributed by atoms with Crippen molar-refractivity contribution in [2.45, 2.75) is 84.0 Å². The molecule has 0 fully saturated rings. The zero-order valence-electron chi connectivity index (χ0n) is 23.5. The van der Waals surface area contributed by atoms with E-state index in [0.29, 0.717) is 12.8 Å². The molecule has 6 atom stereocenters. The fourth-order valence-electron chi connectivity index (χ4n) is 4.32. The van der Waals surface area contributed by atoms with E-state index in [9.17, 15) is 29.1 Å². The van der Waals surface area contributed by atoms with Crippen LogP contribution in [-0.2, 0) is 30.4 Å². The number of hydrogen-bond donors (Lipinski definition) is 7. The Balaban J connectivity index is 2.19. The number of carbonyl (C=O) groups excluding carboxylic acids is 4. The minimum Gasteiger partial charge on any atom is -0.480 e. The second-order valence-electron chi connectivity index (χ2n) is 10.3. The summed E-state index contributed by atoms with van der Waals surface area (Å²) in [6, 6.07) is 3.13. The number of hydrogen-bond acceptors (Lipinski definition) is 6. The Hall–Kier alpha value is -3.93. The third-order valence-electron chi connectivity index (χ3n) is 7.34. The average Bonchev–Trinajstić information content (AvgIpc) is 3.34. The second kappa shape index (κ2) is 15.0. The number of H-pyrrole nitrogens is 1. The standard InChI is InChI=1S/C28H42N6O6/c1-5-15(3)23(34-27(38)24(16(4)6-2)33-25(36)19(29)11-12-22(30)35)26(37)32-21(28(39)40)13-17-14-31-20-10-8-7-9-18(17)20/h7-10,14-16,19,21,23-24,31H,5-6,11-13,29H2,1-4H3,(H2,30,35)(H,32,37)(H,33,36)(H,34,38)(H,39,40). The maximum absolute atomic E-state index is 13.4. The van der Waals surface area contributed by atoms with E-state index in [2.05, 4.69) is 20.9 Å². The second-order valence-corrected chi connectivity index (χ2v) is 10.3. The number of amides is 4. The van der Waals surface area contributed by atoms with Crippen molar-refractivity contribution >= 4 is 40.5 Å². The lowest BCUT2D eigenvalue weighted by atomic mass is 9.94. The van der Waals surface area contributed by atoms with Crippen molar-refractivity contribution in [3.05, 3.63) is 36.0 Å². The molecule has 0 aliphatic carbocycles. The van der Waals surface area contributed by atoms with Gasteiger partial charge in [-0.3, -0.25) is 19.2 Å². The van der Waals surface area contributed by atoms with Crippen LogP contribution in [0.25, 0.3) is 10.9 Å². The average molecular weight is 559 g/mol. The Kier molecular flexibility index (Phi) is 12.1. The van der Waals surface area contributed by atoms with Crippen LogP contribution in [0, 0.1) is 11.8 Å². The van der Waals surface area contributed by atoms with Gasteiger partial charge in [-0.25, -0.2) is 4.79 Å². The highest BCUT2D eigenvalue weighted by atomic mass is 16.4. The number of nitrogens with two attached hydrogens (primary N) is 2. The normalized spacial score (nSPS) is 15.7. The maximum atomic E-state index is 13.4. The Labute approximate surface area is 234 Å². The minimum atomic E-state index is -1.23. The molecular weight excluding hydrogens is 516 g/mol. The van der Waals surface area contributed by atoms with E-state index in [1.54, 1.807) is 20.0 Å². The third-order valence-corrected chi connectivity index (χ3v) is 7.34. The van der Waals surface area contributed by atoms with E-state index in [0.717, 1.165) is 16.5 Å². The molecule has 0 aliphatic rings. The van der Waals surface area contributed by atoms with Gasteiger partial charge in [0.25, 0.3) is 0 Å². The minimum absolute atomic E-state index is 0.0287. The zero-order chi connectivity index (χ0) is 30.0. The predicted molar refractivity (Wildman–Crippen MR) is 151 cm³/mol. The summed E-state index contributed by atoms with van der Waals surface area (Å²) in [4.78, 5) is 65.7. The Bertz CT molecular complexity index is 1200. The summed E-state index contributed by atoms with van der Waals surface area (Å²) in [7, 11) is 0. The Morgan fingerprint density at radius 2 is 1.45 bits per heavy atom. The number of aromatic amines is 1. The molecule has 0 saturated heterocycles. The molecule has 220 valence electrons. The summed E-state index contributed by atoms with van der Waals surface area (Å²) < 4.78 is 0. The van der Waals surface area contributed by atoms with Crippen molar-refractivity contribution in [2.24, 2.45) is 23.3 Å². The maximum Gasteiger partial charge on any atom is 0.326 e. The molecule has 0 spiro atoms. The van der Waals surface area contributed by atoms with Gasteiger partial charge < -0.3 is 37.5 Å². The number of rotatable bonds is 16. The number of benzene rings is 1. The zero-order valence-corrected chi connectivity index (χ0v) is 23.5. The molecule has 2 rings (SSSR count). The molecule has 9 N–H and O–H groups in total. The molecule has 0 bridgehead atoms. The van der Waals surface area contributed by atoms with Gasteiger partial charge in [0, 0.05) is 29.9 Å². The highest BCUT2D eigenvalue weighted by Crippen LogP contribution is 2.20. The summed E-state index contributed by atoms with van der Waals surface area (Å²) in [5, 5.41) is 18.7. The van der Waals surface area contributed by atoms with Crippen LogP contribution in [0.15, 0.2) is 30.5 Å². The van der Waals surface area contributed by atoms with Crippen molar-refractivity contribution in [1.82, 2.24) is 20.9 Å². The molecule has 12 nitrogen and oxygen atoms in total. The molecule has 1 heterocycles. The van der Waals surface area contributed by atoms with E-state index in [4.69, 9.17) is 11.5 Å². The van der Waals surface area contributed by atoms with Crippen LogP contribution in [0.3, 0.4) is 0 Å². The van der Waals surface area contributed by atoms with Crippen molar-refractivity contribution in [3.8, 4) is 0 Å². The van der Waals surface area contributed by atoms with Crippen molar-refractivity contribution < 1.29 is 29.1 Å². The number of aliphatic carboxylic acids is 1. The number of para-hydroxylation sites is 1. The number of nitrogens with one attached hydrogen (secondary N) is 4. The quantitative estimate of drug-likeness (QED) is 0.158. The molecular formula is C28H42N6O6. The van der Waals surface area contributed by atoms with Crippen LogP contribution < -0.4 is 27.4 Å². The first-order valence-electron chi connectivity index (χ1n) is 13.6. The van der Waals surface area contributed by atoms with E-state index < -0.39 is 53.8 Å². The van der Waals surface area contributed by atoms with Gasteiger partial charge in [0.2, 0.25) is 23.6 Å². The lowest BCUT2D eigenvalue weighted by Gasteiger charge is -2.30. The number of carbonyl (C=O) groups is 5. The highest BCUT2D eigenvalue weighted by Gasteiger charge is 2.34. The monoisotopic (exact) mass is 558 g/mol. The molecule has 1 aromatic carbocycles. The number of primary amides is 1. The van der Waals surface area contributed by atoms with Gasteiger partial charge in [0.15, 0.2) is 0 Å². The molecule has 12 heteroatoms. The summed E-state index contributed by atoms with van der Waals surface area (Å²) >= 11 is 0. The SMILES string of the molecule is CCC(C)C(NC(=O)C(N)CCC(N)=O)C(=O)NC(C(=O)NC(Cc1c[nH]c2ccccc12)C(=O)O)C(C)CC. The van der Waals surface area contributed by atoms with Crippen LogP contribution in [-0.4, -0.2) is 63.9 Å². The number of carboxylic acids is 1. The van der Waals surface area contributed by atoms with Crippen molar-refractivity contribution in [2.75, 3.05) is 0 Å². The molecule has 2 aromatic rings.